The molecule has 1 aromatic carbocycles. The van der Waals surface area contributed by atoms with Crippen molar-refractivity contribution in [1.82, 2.24) is 29.8 Å². The summed E-state index contributed by atoms with van der Waals surface area (Å²) in [6.45, 7) is 2.18. The van der Waals surface area contributed by atoms with Gasteiger partial charge in [-0.05, 0) is 25.5 Å². The summed E-state index contributed by atoms with van der Waals surface area (Å²) in [6.07, 6.45) is 5.46. The number of aromatic nitrogens is 5. The minimum Gasteiger partial charge on any atom is -0.465 e. The monoisotopic (exact) mass is 512 g/mol. The molecule has 35 heavy (non-hydrogen) atoms. The average molecular weight is 513 g/mol. The van der Waals surface area contributed by atoms with Gasteiger partial charge in [0.25, 0.3) is 5.56 Å². The maximum absolute atomic E-state index is 13.6. The summed E-state index contributed by atoms with van der Waals surface area (Å²) in [5, 5.41) is 12.1. The summed E-state index contributed by atoms with van der Waals surface area (Å²) >= 11 is 6.61. The van der Waals surface area contributed by atoms with Crippen molar-refractivity contribution in [3.63, 3.8) is 0 Å². The van der Waals surface area contributed by atoms with Gasteiger partial charge in [-0.15, -0.1) is 0 Å². The summed E-state index contributed by atoms with van der Waals surface area (Å²) in [4.78, 5) is 41.4. The fraction of sp³-hybridized carbons (Fsp3) is 0.217. The molecule has 0 fully saturated rings. The van der Waals surface area contributed by atoms with E-state index in [1.807, 2.05) is 13.0 Å². The molecule has 1 amide bonds. The van der Waals surface area contributed by atoms with Crippen LogP contribution in [0.25, 0.3) is 33.4 Å². The van der Waals surface area contributed by atoms with E-state index in [1.54, 1.807) is 30.6 Å². The number of hydrogen-bond acceptors (Lipinski definition) is 7. The van der Waals surface area contributed by atoms with E-state index in [2.05, 4.69) is 25.3 Å². The third-order valence-corrected chi connectivity index (χ3v) is 6.23. The van der Waals surface area contributed by atoms with Crippen molar-refractivity contribution < 1.29 is 14.1 Å². The van der Waals surface area contributed by atoms with E-state index in [9.17, 15) is 13.8 Å². The van der Waals surface area contributed by atoms with Gasteiger partial charge in [-0.25, -0.2) is 19.7 Å². The summed E-state index contributed by atoms with van der Waals surface area (Å²) < 4.78 is 13.4. The van der Waals surface area contributed by atoms with E-state index in [0.717, 1.165) is 11.3 Å². The second-order valence-corrected chi connectivity index (χ2v) is 9.41. The first-order chi connectivity index (χ1) is 16.7. The van der Waals surface area contributed by atoms with Crippen molar-refractivity contribution >= 4 is 39.5 Å². The van der Waals surface area contributed by atoms with Crippen LogP contribution in [0.15, 0.2) is 52.8 Å². The Morgan fingerprint density at radius 3 is 2.66 bits per heavy atom. The Kier molecular flexibility index (Phi) is 7.17. The zero-order chi connectivity index (χ0) is 25.1. The molecule has 0 bridgehead atoms. The molecule has 10 nitrogen and oxygen atoms in total. The van der Waals surface area contributed by atoms with E-state index in [0.29, 0.717) is 39.3 Å². The lowest BCUT2D eigenvalue weighted by molar-refractivity contribution is 0.194. The number of amides is 1. The Balaban J connectivity index is 1.82. The van der Waals surface area contributed by atoms with Gasteiger partial charge in [-0.2, -0.15) is 0 Å². The highest BCUT2D eigenvalue weighted by Gasteiger charge is 2.17. The van der Waals surface area contributed by atoms with Crippen molar-refractivity contribution in [3.8, 4) is 22.4 Å². The van der Waals surface area contributed by atoms with Gasteiger partial charge in [0.15, 0.2) is 0 Å². The van der Waals surface area contributed by atoms with Gasteiger partial charge in [0.1, 0.15) is 5.65 Å². The number of hydrogen-bond donors (Lipinski definition) is 2. The first-order valence-corrected chi connectivity index (χ1v) is 12.5. The highest BCUT2D eigenvalue weighted by atomic mass is 35.5. The predicted octanol–water partition coefficient (Wildman–Crippen LogP) is 3.27. The van der Waals surface area contributed by atoms with Gasteiger partial charge in [-0.3, -0.25) is 18.6 Å². The van der Waals surface area contributed by atoms with Crippen LogP contribution in [-0.4, -0.2) is 52.7 Å². The molecule has 3 aromatic heterocycles. The third-order valence-electron chi connectivity index (χ3n) is 5.21. The molecule has 180 valence electrons. The smallest absolute Gasteiger partial charge is 0.404 e. The quantitative estimate of drug-likeness (QED) is 0.284. The Morgan fingerprint density at radius 2 is 1.97 bits per heavy atom. The second-order valence-electron chi connectivity index (χ2n) is 7.73. The Morgan fingerprint density at radius 1 is 1.17 bits per heavy atom. The predicted molar refractivity (Wildman–Crippen MR) is 133 cm³/mol. The summed E-state index contributed by atoms with van der Waals surface area (Å²) in [5.74, 6) is 0. The van der Waals surface area contributed by atoms with Crippen molar-refractivity contribution in [1.29, 1.82) is 0 Å². The molecule has 0 aliphatic carbocycles. The van der Waals surface area contributed by atoms with Crippen LogP contribution in [0.3, 0.4) is 0 Å². The first kappa shape index (κ1) is 24.4. The zero-order valence-corrected chi connectivity index (χ0v) is 20.4. The molecule has 12 heteroatoms. The Bertz CT molecular complexity index is 1520. The molecule has 1 atom stereocenters. The molecular weight excluding hydrogens is 492 g/mol. The highest BCUT2D eigenvalue weighted by Crippen LogP contribution is 2.31. The molecule has 0 aliphatic rings. The summed E-state index contributed by atoms with van der Waals surface area (Å²) in [7, 11) is -1.44. The van der Waals surface area contributed by atoms with Gasteiger partial charge in [0.2, 0.25) is 5.16 Å². The summed E-state index contributed by atoms with van der Waals surface area (Å²) in [5.41, 5.74) is 3.00. The molecule has 0 spiro atoms. The van der Waals surface area contributed by atoms with E-state index in [1.165, 1.54) is 17.0 Å². The van der Waals surface area contributed by atoms with Crippen molar-refractivity contribution in [2.75, 3.05) is 12.8 Å². The zero-order valence-electron chi connectivity index (χ0n) is 18.9. The third kappa shape index (κ3) is 5.36. The van der Waals surface area contributed by atoms with Gasteiger partial charge < -0.3 is 10.4 Å². The van der Waals surface area contributed by atoms with Crippen LogP contribution >= 0.6 is 11.6 Å². The fourth-order valence-electron chi connectivity index (χ4n) is 3.61. The van der Waals surface area contributed by atoms with E-state index in [-0.39, 0.29) is 23.8 Å². The van der Waals surface area contributed by atoms with Crippen LogP contribution in [0.1, 0.15) is 12.1 Å². The Hall–Kier alpha value is -3.70. The van der Waals surface area contributed by atoms with E-state index in [4.69, 9.17) is 16.7 Å². The SMILES string of the molecule is Cc1cncc(-c2ccc(-c3cc4cnc(S(C)=O)nc4n(CCCNC(=O)O)c3=O)c(Cl)c2)n1. The minimum absolute atomic E-state index is 0.101. The molecule has 1 unspecified atom stereocenters. The largest absolute Gasteiger partial charge is 0.465 e. The molecule has 0 saturated carbocycles. The van der Waals surface area contributed by atoms with Crippen molar-refractivity contribution in [2.45, 2.75) is 25.0 Å². The van der Waals surface area contributed by atoms with Crippen molar-refractivity contribution in [3.05, 3.63) is 63.9 Å². The highest BCUT2D eigenvalue weighted by molar-refractivity contribution is 7.84. The number of nitrogens with zero attached hydrogens (tertiary/aromatic N) is 5. The average Bonchev–Trinajstić information content (AvgIpc) is 2.82. The lowest BCUT2D eigenvalue weighted by atomic mass is 10.0. The summed E-state index contributed by atoms with van der Waals surface area (Å²) in [6, 6.07) is 6.94. The molecule has 2 N–H and O–H groups in total. The van der Waals surface area contributed by atoms with Gasteiger partial charge in [0.05, 0.1) is 28.4 Å². The van der Waals surface area contributed by atoms with Gasteiger partial charge in [0, 0.05) is 58.8 Å². The number of aryl methyl sites for hydroxylation is 2. The van der Waals surface area contributed by atoms with Crippen LogP contribution < -0.4 is 10.9 Å². The van der Waals surface area contributed by atoms with Crippen LogP contribution in [0.4, 0.5) is 4.79 Å². The molecule has 0 saturated heterocycles. The normalized spacial score (nSPS) is 12.0. The lowest BCUT2D eigenvalue weighted by Crippen LogP contribution is -2.27. The van der Waals surface area contributed by atoms with E-state index < -0.39 is 16.9 Å². The fourth-order valence-corrected chi connectivity index (χ4v) is 4.31. The topological polar surface area (TPSA) is 140 Å². The number of halogens is 1. The maximum Gasteiger partial charge on any atom is 0.404 e. The molecular formula is C23H21ClN6O4S. The molecule has 0 aliphatic heterocycles. The van der Waals surface area contributed by atoms with Crippen LogP contribution in [0, 0.1) is 6.92 Å². The number of carbonyl (C=O) groups is 1. The van der Waals surface area contributed by atoms with E-state index >= 15 is 0 Å². The molecule has 3 heterocycles. The van der Waals surface area contributed by atoms with Gasteiger partial charge >= 0.3 is 6.09 Å². The standard InChI is InChI=1S/C23H21ClN6O4S/c1-13-10-25-12-19(28-13)14-4-5-16(18(24)9-14)17-8-15-11-27-22(35(2)34)29-20(15)30(21(17)31)7-3-6-26-23(32)33/h4-5,8-12,26H,3,6-7H2,1-2H3,(H,32,33). The second kappa shape index (κ2) is 10.3. The number of carboxylic acid groups (broad SMARTS) is 1. The number of pyridine rings is 1. The Labute approximate surface area is 207 Å². The van der Waals surface area contributed by atoms with Crippen LogP contribution in [-0.2, 0) is 17.3 Å². The number of nitrogens with one attached hydrogen (secondary N) is 1. The van der Waals surface area contributed by atoms with Crippen molar-refractivity contribution in [2.24, 2.45) is 0 Å². The number of rotatable bonds is 7. The lowest BCUT2D eigenvalue weighted by Gasteiger charge is -2.14. The minimum atomic E-state index is -1.44. The number of benzene rings is 1. The molecule has 0 radical (unpaired) electrons. The molecule has 4 rings (SSSR count). The van der Waals surface area contributed by atoms with Crippen LogP contribution in [0.2, 0.25) is 5.02 Å². The first-order valence-electron chi connectivity index (χ1n) is 10.5. The molecule has 4 aromatic rings. The van der Waals surface area contributed by atoms with Crippen LogP contribution in [0.5, 0.6) is 0 Å². The number of fused-ring (bicyclic) bond motifs is 1. The maximum atomic E-state index is 13.6. The van der Waals surface area contributed by atoms with Gasteiger partial charge in [-0.1, -0.05) is 23.7 Å².